The highest BCUT2D eigenvalue weighted by Gasteiger charge is 2.30. The molecule has 9 heavy (non-hydrogen) atoms. The van der Waals surface area contributed by atoms with E-state index in [9.17, 15) is 0 Å². The number of ether oxygens (including phenoxy) is 1. The number of aliphatic carboxylic acids is 1. The second-order valence-corrected chi connectivity index (χ2v) is 1.75. The average molecular weight is 134 g/mol. The maximum Gasteiger partial charge on any atom is 0.300 e. The van der Waals surface area contributed by atoms with Crippen molar-refractivity contribution in [3.8, 4) is 0 Å². The van der Waals surface area contributed by atoms with Crippen molar-refractivity contribution in [2.45, 2.75) is 26.2 Å². The van der Waals surface area contributed by atoms with Crippen LogP contribution in [0.3, 0.4) is 0 Å². The summed E-state index contributed by atoms with van der Waals surface area (Å²) in [6.45, 7) is 2.91. The highest BCUT2D eigenvalue weighted by Crippen LogP contribution is 2.15. The predicted octanol–water partition coefficient (Wildman–Crippen LogP) is -0.186. The number of aliphatic hydroxyl groups excluding tert-OH is 1. The SMILES string of the molecule is CC(=O)O.CC1OC1O. The normalized spacial score (nSPS) is 30.1. The Bertz CT molecular complexity index is 91.1. The number of epoxide rings is 1. The predicted molar refractivity (Wildman–Crippen MR) is 29.9 cm³/mol. The van der Waals surface area contributed by atoms with Crippen LogP contribution >= 0.6 is 0 Å². The van der Waals surface area contributed by atoms with Gasteiger partial charge in [0.2, 0.25) is 0 Å². The molecule has 0 radical (unpaired) electrons. The molecule has 54 valence electrons. The van der Waals surface area contributed by atoms with Crippen LogP contribution in [0.1, 0.15) is 13.8 Å². The van der Waals surface area contributed by atoms with Crippen molar-refractivity contribution in [2.24, 2.45) is 0 Å². The van der Waals surface area contributed by atoms with E-state index in [0.29, 0.717) is 0 Å². The fourth-order valence-corrected chi connectivity index (χ4v) is 0.175. The maximum atomic E-state index is 9.00. The van der Waals surface area contributed by atoms with Crippen LogP contribution in [0, 0.1) is 0 Å². The van der Waals surface area contributed by atoms with Crippen molar-refractivity contribution < 1.29 is 19.7 Å². The van der Waals surface area contributed by atoms with Crippen molar-refractivity contribution in [1.82, 2.24) is 0 Å². The third kappa shape index (κ3) is 7.39. The summed E-state index contributed by atoms with van der Waals surface area (Å²) in [6.07, 6.45) is -0.343. The zero-order valence-electron chi connectivity index (χ0n) is 5.37. The van der Waals surface area contributed by atoms with Crippen LogP contribution in [0.5, 0.6) is 0 Å². The lowest BCUT2D eigenvalue weighted by Crippen LogP contribution is -1.80. The van der Waals surface area contributed by atoms with Crippen LogP contribution in [-0.4, -0.2) is 28.6 Å². The van der Waals surface area contributed by atoms with Gasteiger partial charge < -0.3 is 14.9 Å². The Morgan fingerprint density at radius 2 is 1.78 bits per heavy atom. The Labute approximate surface area is 53.1 Å². The van der Waals surface area contributed by atoms with Crippen molar-refractivity contribution in [3.05, 3.63) is 0 Å². The van der Waals surface area contributed by atoms with Gasteiger partial charge in [-0.2, -0.15) is 0 Å². The lowest BCUT2D eigenvalue weighted by atomic mass is 10.5. The smallest absolute Gasteiger partial charge is 0.300 e. The van der Waals surface area contributed by atoms with Gasteiger partial charge in [0.25, 0.3) is 5.97 Å². The standard InChI is InChI=1S/C3H6O2.C2H4O2/c1-2-3(4)5-2;1-2(3)4/h2-4H,1H3;1H3,(H,3,4). The topological polar surface area (TPSA) is 70.1 Å². The Morgan fingerprint density at radius 3 is 1.78 bits per heavy atom. The van der Waals surface area contributed by atoms with Gasteiger partial charge >= 0.3 is 0 Å². The first-order chi connectivity index (χ1) is 4.04. The molecule has 0 aromatic heterocycles. The third-order valence-corrected chi connectivity index (χ3v) is 0.679. The van der Waals surface area contributed by atoms with Crippen LogP contribution < -0.4 is 0 Å². The molecule has 0 aromatic carbocycles. The quantitative estimate of drug-likeness (QED) is 0.451. The Hall–Kier alpha value is -0.610. The molecule has 0 aliphatic carbocycles. The lowest BCUT2D eigenvalue weighted by Gasteiger charge is -1.59. The zero-order valence-corrected chi connectivity index (χ0v) is 5.37. The van der Waals surface area contributed by atoms with Crippen molar-refractivity contribution in [3.63, 3.8) is 0 Å². The minimum atomic E-state index is -0.833. The second-order valence-electron chi connectivity index (χ2n) is 1.75. The van der Waals surface area contributed by atoms with E-state index in [1.807, 2.05) is 6.92 Å². The summed E-state index contributed by atoms with van der Waals surface area (Å²) in [7, 11) is 0. The van der Waals surface area contributed by atoms with Gasteiger partial charge in [0.15, 0.2) is 6.29 Å². The van der Waals surface area contributed by atoms with E-state index in [0.717, 1.165) is 6.92 Å². The summed E-state index contributed by atoms with van der Waals surface area (Å²) in [6, 6.07) is 0. The van der Waals surface area contributed by atoms with Crippen LogP contribution in [0.4, 0.5) is 0 Å². The first kappa shape index (κ1) is 8.39. The third-order valence-electron chi connectivity index (χ3n) is 0.679. The molecule has 0 amide bonds. The Balaban J connectivity index is 0.000000148. The maximum absolute atomic E-state index is 9.00. The van der Waals surface area contributed by atoms with E-state index in [2.05, 4.69) is 4.74 Å². The molecule has 1 fully saturated rings. The number of hydrogen-bond acceptors (Lipinski definition) is 3. The first-order valence-corrected chi connectivity index (χ1v) is 2.57. The van der Waals surface area contributed by atoms with Crippen LogP contribution in [0.2, 0.25) is 0 Å². The highest BCUT2D eigenvalue weighted by molar-refractivity contribution is 5.62. The van der Waals surface area contributed by atoms with E-state index in [-0.39, 0.29) is 6.10 Å². The molecule has 4 heteroatoms. The number of carboxylic acid groups (broad SMARTS) is 1. The number of rotatable bonds is 0. The van der Waals surface area contributed by atoms with Gasteiger partial charge in [-0.3, -0.25) is 4.79 Å². The Kier molecular flexibility index (Phi) is 3.19. The molecule has 0 saturated carbocycles. The monoisotopic (exact) mass is 134 g/mol. The number of carbonyl (C=O) groups is 1. The summed E-state index contributed by atoms with van der Waals surface area (Å²) in [4.78, 5) is 9.00. The number of aliphatic hydroxyl groups is 1. The summed E-state index contributed by atoms with van der Waals surface area (Å²) >= 11 is 0. The molecule has 1 aliphatic heterocycles. The van der Waals surface area contributed by atoms with Gasteiger partial charge in [0.05, 0.1) is 0 Å². The van der Waals surface area contributed by atoms with Gasteiger partial charge in [-0.25, -0.2) is 0 Å². The molecule has 1 saturated heterocycles. The summed E-state index contributed by atoms with van der Waals surface area (Å²) in [5.41, 5.74) is 0. The van der Waals surface area contributed by atoms with E-state index < -0.39 is 12.3 Å². The number of carboxylic acids is 1. The molecule has 2 N–H and O–H groups in total. The minimum Gasteiger partial charge on any atom is -0.481 e. The zero-order chi connectivity index (χ0) is 7.44. The van der Waals surface area contributed by atoms with Crippen molar-refractivity contribution >= 4 is 5.97 Å². The van der Waals surface area contributed by atoms with E-state index in [1.54, 1.807) is 0 Å². The van der Waals surface area contributed by atoms with Crippen LogP contribution in [0.25, 0.3) is 0 Å². The number of hydrogen-bond donors (Lipinski definition) is 2. The lowest BCUT2D eigenvalue weighted by molar-refractivity contribution is -0.134. The molecule has 1 aliphatic rings. The minimum absolute atomic E-state index is 0.106. The van der Waals surface area contributed by atoms with Crippen LogP contribution in [0.15, 0.2) is 0 Å². The summed E-state index contributed by atoms with van der Waals surface area (Å²) in [5, 5.41) is 15.6. The molecule has 1 heterocycles. The molecule has 1 rings (SSSR count). The summed E-state index contributed by atoms with van der Waals surface area (Å²) < 4.78 is 4.47. The van der Waals surface area contributed by atoms with E-state index in [1.165, 1.54) is 0 Å². The fraction of sp³-hybridized carbons (Fsp3) is 0.800. The molecule has 4 nitrogen and oxygen atoms in total. The fourth-order valence-electron chi connectivity index (χ4n) is 0.175. The highest BCUT2D eigenvalue weighted by atomic mass is 16.7. The van der Waals surface area contributed by atoms with E-state index in [4.69, 9.17) is 15.0 Å². The van der Waals surface area contributed by atoms with Crippen molar-refractivity contribution in [2.75, 3.05) is 0 Å². The van der Waals surface area contributed by atoms with Gasteiger partial charge in [0.1, 0.15) is 6.10 Å². The molecule has 0 spiro atoms. The van der Waals surface area contributed by atoms with Gasteiger partial charge in [-0.15, -0.1) is 0 Å². The molecule has 0 aromatic rings. The average Bonchev–Trinajstić information content (AvgIpc) is 2.16. The molecule has 2 unspecified atom stereocenters. The Morgan fingerprint density at radius 1 is 1.67 bits per heavy atom. The molecular formula is C5H10O4. The first-order valence-electron chi connectivity index (χ1n) is 2.57. The molecular weight excluding hydrogens is 124 g/mol. The van der Waals surface area contributed by atoms with E-state index >= 15 is 0 Å². The summed E-state index contributed by atoms with van der Waals surface area (Å²) in [5.74, 6) is -0.833. The molecule has 0 bridgehead atoms. The van der Waals surface area contributed by atoms with Crippen molar-refractivity contribution in [1.29, 1.82) is 0 Å². The van der Waals surface area contributed by atoms with Gasteiger partial charge in [0, 0.05) is 6.92 Å². The van der Waals surface area contributed by atoms with Gasteiger partial charge in [-0.1, -0.05) is 0 Å². The molecule has 2 atom stereocenters. The van der Waals surface area contributed by atoms with Gasteiger partial charge in [-0.05, 0) is 6.92 Å². The second kappa shape index (κ2) is 3.42. The largest absolute Gasteiger partial charge is 0.481 e. The van der Waals surface area contributed by atoms with Crippen LogP contribution in [-0.2, 0) is 9.53 Å².